The van der Waals surface area contributed by atoms with Crippen molar-refractivity contribution >= 4 is 17.3 Å². The molecular weight excluding hydrogens is 260 g/mol. The normalized spacial score (nSPS) is 12.5. The highest BCUT2D eigenvalue weighted by Crippen LogP contribution is 2.27. The molecule has 102 valence electrons. The topological polar surface area (TPSA) is 47.1 Å². The molecule has 0 aliphatic rings. The van der Waals surface area contributed by atoms with E-state index in [2.05, 4.69) is 22.1 Å². The second-order valence-corrected chi connectivity index (χ2v) is 5.06. The number of rotatable bonds is 4. The minimum atomic E-state index is -0.258. The van der Waals surface area contributed by atoms with Crippen LogP contribution in [0.4, 0.5) is 5.69 Å². The summed E-state index contributed by atoms with van der Waals surface area (Å²) in [5.74, 6) is 0. The highest BCUT2D eigenvalue weighted by atomic mass is 35.5. The van der Waals surface area contributed by atoms with Gasteiger partial charge in [0.05, 0.1) is 23.0 Å². The predicted molar refractivity (Wildman–Crippen MR) is 79.7 cm³/mol. The van der Waals surface area contributed by atoms with Crippen molar-refractivity contribution in [3.63, 3.8) is 0 Å². The van der Waals surface area contributed by atoms with Crippen LogP contribution in [-0.4, -0.2) is 23.9 Å². The standard InChI is InChI=1S/C14H19ClN4/c1-4-19-14(12(15)9-17-19)13(16)10-5-7-11(8-6-10)18(2)3/h5-9,13H,4,16H2,1-3H3. The number of nitrogens with two attached hydrogens (primary N) is 1. The summed E-state index contributed by atoms with van der Waals surface area (Å²) in [7, 11) is 4.02. The number of aryl methyl sites for hydroxylation is 1. The minimum Gasteiger partial charge on any atom is -0.378 e. The third kappa shape index (κ3) is 2.74. The quantitative estimate of drug-likeness (QED) is 0.935. The maximum Gasteiger partial charge on any atom is 0.0837 e. The molecule has 0 amide bonds. The Balaban J connectivity index is 2.33. The van der Waals surface area contributed by atoms with Gasteiger partial charge >= 0.3 is 0 Å². The maximum atomic E-state index is 6.31. The smallest absolute Gasteiger partial charge is 0.0837 e. The van der Waals surface area contributed by atoms with Crippen molar-refractivity contribution < 1.29 is 0 Å². The van der Waals surface area contributed by atoms with Gasteiger partial charge in [-0.2, -0.15) is 5.10 Å². The van der Waals surface area contributed by atoms with Crippen LogP contribution in [-0.2, 0) is 6.54 Å². The van der Waals surface area contributed by atoms with Gasteiger partial charge in [0.1, 0.15) is 0 Å². The molecule has 1 heterocycles. The van der Waals surface area contributed by atoms with Crippen LogP contribution in [0.1, 0.15) is 24.2 Å². The minimum absolute atomic E-state index is 0.258. The molecule has 19 heavy (non-hydrogen) atoms. The van der Waals surface area contributed by atoms with Crippen LogP contribution in [0.2, 0.25) is 5.02 Å². The molecule has 0 fully saturated rings. The molecule has 0 aliphatic carbocycles. The van der Waals surface area contributed by atoms with Crippen LogP contribution in [0.25, 0.3) is 0 Å². The van der Waals surface area contributed by atoms with Crippen molar-refractivity contribution in [2.75, 3.05) is 19.0 Å². The van der Waals surface area contributed by atoms with E-state index in [1.165, 1.54) is 0 Å². The zero-order chi connectivity index (χ0) is 14.0. The van der Waals surface area contributed by atoms with E-state index in [1.807, 2.05) is 37.8 Å². The summed E-state index contributed by atoms with van der Waals surface area (Å²) in [6.45, 7) is 2.78. The monoisotopic (exact) mass is 278 g/mol. The Morgan fingerprint density at radius 2 is 1.95 bits per heavy atom. The lowest BCUT2D eigenvalue weighted by Crippen LogP contribution is -2.18. The SMILES string of the molecule is CCn1ncc(Cl)c1C(N)c1ccc(N(C)C)cc1. The van der Waals surface area contributed by atoms with Gasteiger partial charge in [0.2, 0.25) is 0 Å². The van der Waals surface area contributed by atoms with Gasteiger partial charge in [0, 0.05) is 26.3 Å². The third-order valence-corrected chi connectivity index (χ3v) is 3.49. The van der Waals surface area contributed by atoms with Gasteiger partial charge in [0.25, 0.3) is 0 Å². The Hall–Kier alpha value is -1.52. The van der Waals surface area contributed by atoms with E-state index in [9.17, 15) is 0 Å². The third-order valence-electron chi connectivity index (χ3n) is 3.20. The van der Waals surface area contributed by atoms with E-state index in [0.29, 0.717) is 5.02 Å². The lowest BCUT2D eigenvalue weighted by atomic mass is 10.0. The molecule has 1 aromatic heterocycles. The van der Waals surface area contributed by atoms with Crippen molar-refractivity contribution in [1.29, 1.82) is 0 Å². The molecule has 2 rings (SSSR count). The van der Waals surface area contributed by atoms with Gasteiger partial charge in [-0.05, 0) is 24.6 Å². The van der Waals surface area contributed by atoms with Gasteiger partial charge in [-0.15, -0.1) is 0 Å². The Bertz CT molecular complexity index is 545. The van der Waals surface area contributed by atoms with Gasteiger partial charge in [0.15, 0.2) is 0 Å². The molecule has 1 unspecified atom stereocenters. The molecule has 0 radical (unpaired) electrons. The summed E-state index contributed by atoms with van der Waals surface area (Å²) >= 11 is 6.18. The molecular formula is C14H19ClN4. The van der Waals surface area contributed by atoms with Crippen LogP contribution in [0.15, 0.2) is 30.5 Å². The van der Waals surface area contributed by atoms with Crippen LogP contribution < -0.4 is 10.6 Å². The first-order valence-corrected chi connectivity index (χ1v) is 6.66. The molecule has 5 heteroatoms. The molecule has 4 nitrogen and oxygen atoms in total. The molecule has 0 bridgehead atoms. The lowest BCUT2D eigenvalue weighted by Gasteiger charge is -2.17. The predicted octanol–water partition coefficient (Wildman–Crippen LogP) is 2.67. The van der Waals surface area contributed by atoms with Crippen LogP contribution >= 0.6 is 11.6 Å². The molecule has 2 N–H and O–H groups in total. The summed E-state index contributed by atoms with van der Waals surface area (Å²) in [5.41, 5.74) is 9.34. The molecule has 1 atom stereocenters. The fraction of sp³-hybridized carbons (Fsp3) is 0.357. The number of hydrogen-bond donors (Lipinski definition) is 1. The Morgan fingerprint density at radius 1 is 1.32 bits per heavy atom. The number of aromatic nitrogens is 2. The summed E-state index contributed by atoms with van der Waals surface area (Å²) in [4.78, 5) is 2.05. The summed E-state index contributed by atoms with van der Waals surface area (Å²) in [6.07, 6.45) is 1.65. The zero-order valence-corrected chi connectivity index (χ0v) is 12.2. The molecule has 0 aliphatic heterocycles. The summed E-state index contributed by atoms with van der Waals surface area (Å²) < 4.78 is 1.84. The largest absolute Gasteiger partial charge is 0.378 e. The first kappa shape index (κ1) is 13.9. The Kier molecular flexibility index (Phi) is 4.12. The Morgan fingerprint density at radius 3 is 2.47 bits per heavy atom. The van der Waals surface area contributed by atoms with Crippen LogP contribution in [0.5, 0.6) is 0 Å². The fourth-order valence-electron chi connectivity index (χ4n) is 2.07. The van der Waals surface area contributed by atoms with E-state index >= 15 is 0 Å². The van der Waals surface area contributed by atoms with E-state index in [-0.39, 0.29) is 6.04 Å². The van der Waals surface area contributed by atoms with E-state index in [4.69, 9.17) is 17.3 Å². The van der Waals surface area contributed by atoms with Gasteiger partial charge in [-0.1, -0.05) is 23.7 Å². The van der Waals surface area contributed by atoms with Crippen molar-refractivity contribution in [2.24, 2.45) is 5.73 Å². The van der Waals surface area contributed by atoms with Gasteiger partial charge in [-0.25, -0.2) is 0 Å². The van der Waals surface area contributed by atoms with E-state index in [1.54, 1.807) is 6.20 Å². The molecule has 0 saturated heterocycles. The summed E-state index contributed by atoms with van der Waals surface area (Å²) in [6, 6.07) is 7.91. The van der Waals surface area contributed by atoms with Gasteiger partial charge in [-0.3, -0.25) is 4.68 Å². The van der Waals surface area contributed by atoms with Gasteiger partial charge < -0.3 is 10.6 Å². The molecule has 0 spiro atoms. The van der Waals surface area contributed by atoms with Crippen molar-refractivity contribution in [2.45, 2.75) is 19.5 Å². The van der Waals surface area contributed by atoms with Crippen LogP contribution in [0, 0.1) is 0 Å². The first-order valence-electron chi connectivity index (χ1n) is 6.28. The highest BCUT2D eigenvalue weighted by molar-refractivity contribution is 6.31. The number of halogens is 1. The molecule has 2 aromatic rings. The van der Waals surface area contributed by atoms with Crippen molar-refractivity contribution in [3.05, 3.63) is 46.7 Å². The lowest BCUT2D eigenvalue weighted by molar-refractivity contribution is 0.601. The van der Waals surface area contributed by atoms with Crippen LogP contribution in [0.3, 0.4) is 0 Å². The first-order chi connectivity index (χ1) is 9.04. The number of anilines is 1. The fourth-order valence-corrected chi connectivity index (χ4v) is 2.33. The Labute approximate surface area is 118 Å². The second kappa shape index (κ2) is 5.63. The maximum absolute atomic E-state index is 6.31. The number of nitrogens with zero attached hydrogens (tertiary/aromatic N) is 3. The summed E-state index contributed by atoms with van der Waals surface area (Å²) in [5, 5.41) is 4.84. The molecule has 0 saturated carbocycles. The number of hydrogen-bond acceptors (Lipinski definition) is 3. The molecule has 1 aromatic carbocycles. The van der Waals surface area contributed by atoms with Crippen molar-refractivity contribution in [3.8, 4) is 0 Å². The average molecular weight is 279 g/mol. The second-order valence-electron chi connectivity index (χ2n) is 4.66. The number of benzene rings is 1. The average Bonchev–Trinajstić information content (AvgIpc) is 2.79. The van der Waals surface area contributed by atoms with Crippen molar-refractivity contribution in [1.82, 2.24) is 9.78 Å². The zero-order valence-electron chi connectivity index (χ0n) is 11.5. The van der Waals surface area contributed by atoms with E-state index < -0.39 is 0 Å². The van der Waals surface area contributed by atoms with E-state index in [0.717, 1.165) is 23.5 Å². The highest BCUT2D eigenvalue weighted by Gasteiger charge is 2.17.